The van der Waals surface area contributed by atoms with Crippen LogP contribution in [0.3, 0.4) is 0 Å². The number of hydrogen-bond donors (Lipinski definition) is 1. The van der Waals surface area contributed by atoms with Crippen LogP contribution in [0.25, 0.3) is 10.6 Å². The molecule has 136 valence electrons. The van der Waals surface area contributed by atoms with E-state index in [4.69, 9.17) is 0 Å². The van der Waals surface area contributed by atoms with Gasteiger partial charge >= 0.3 is 6.18 Å². The molecule has 0 radical (unpaired) electrons. The number of nitrogens with zero attached hydrogens (tertiary/aromatic N) is 2. The summed E-state index contributed by atoms with van der Waals surface area (Å²) in [7, 11) is 1.93. The molecule has 0 unspecified atom stereocenters. The zero-order valence-electron chi connectivity index (χ0n) is 14.2. The van der Waals surface area contributed by atoms with Gasteiger partial charge in [0.15, 0.2) is 0 Å². The number of benzene rings is 2. The number of aryl methyl sites for hydroxylation is 1. The van der Waals surface area contributed by atoms with Gasteiger partial charge in [0.1, 0.15) is 10.8 Å². The lowest BCUT2D eigenvalue weighted by atomic mass is 10.1. The molecule has 3 aromatic rings. The van der Waals surface area contributed by atoms with E-state index in [0.29, 0.717) is 17.1 Å². The molecule has 0 saturated heterocycles. The SMILES string of the molecule is Cc1cc(N(C)Cc2cnc(-c3ccc(C(F)(F)F)cc3)s2)ccc1O. The smallest absolute Gasteiger partial charge is 0.416 e. The zero-order chi connectivity index (χ0) is 18.9. The van der Waals surface area contributed by atoms with Crippen LogP contribution in [0.1, 0.15) is 16.0 Å². The van der Waals surface area contributed by atoms with E-state index in [1.807, 2.05) is 31.0 Å². The first kappa shape index (κ1) is 18.3. The van der Waals surface area contributed by atoms with Crippen molar-refractivity contribution in [2.75, 3.05) is 11.9 Å². The van der Waals surface area contributed by atoms with E-state index < -0.39 is 11.7 Å². The Balaban J connectivity index is 1.74. The van der Waals surface area contributed by atoms with Gasteiger partial charge in [0.2, 0.25) is 0 Å². The fourth-order valence-electron chi connectivity index (χ4n) is 2.52. The average molecular weight is 378 g/mol. The van der Waals surface area contributed by atoms with Crippen molar-refractivity contribution in [2.45, 2.75) is 19.6 Å². The Morgan fingerprint density at radius 3 is 2.42 bits per heavy atom. The summed E-state index contributed by atoms with van der Waals surface area (Å²) >= 11 is 1.45. The molecule has 0 aliphatic rings. The fourth-order valence-corrected chi connectivity index (χ4v) is 3.49. The number of aromatic nitrogens is 1. The normalized spacial score (nSPS) is 11.6. The monoisotopic (exact) mass is 378 g/mol. The van der Waals surface area contributed by atoms with Crippen LogP contribution < -0.4 is 4.90 Å². The van der Waals surface area contributed by atoms with Crippen molar-refractivity contribution in [1.29, 1.82) is 0 Å². The van der Waals surface area contributed by atoms with Crippen LogP contribution in [0.4, 0.5) is 18.9 Å². The average Bonchev–Trinajstić information content (AvgIpc) is 3.05. The first-order valence-electron chi connectivity index (χ1n) is 7.87. The summed E-state index contributed by atoms with van der Waals surface area (Å²) in [5.74, 6) is 0.254. The maximum absolute atomic E-state index is 12.6. The molecule has 0 fully saturated rings. The van der Waals surface area contributed by atoms with Crippen molar-refractivity contribution in [1.82, 2.24) is 4.98 Å². The lowest BCUT2D eigenvalue weighted by Crippen LogP contribution is -2.15. The third-order valence-electron chi connectivity index (χ3n) is 4.03. The topological polar surface area (TPSA) is 36.4 Å². The number of rotatable bonds is 4. The Morgan fingerprint density at radius 2 is 1.81 bits per heavy atom. The minimum Gasteiger partial charge on any atom is -0.508 e. The van der Waals surface area contributed by atoms with Gasteiger partial charge in [-0.05, 0) is 42.8 Å². The molecule has 0 bridgehead atoms. The largest absolute Gasteiger partial charge is 0.508 e. The molecule has 0 aliphatic carbocycles. The first-order chi connectivity index (χ1) is 12.2. The van der Waals surface area contributed by atoms with Crippen molar-refractivity contribution in [3.63, 3.8) is 0 Å². The molecule has 0 spiro atoms. The fraction of sp³-hybridized carbons (Fsp3) is 0.211. The Morgan fingerprint density at radius 1 is 1.12 bits per heavy atom. The second-order valence-corrected chi connectivity index (χ2v) is 7.15. The minimum atomic E-state index is -4.34. The van der Waals surface area contributed by atoms with Crippen LogP contribution in [0.2, 0.25) is 0 Å². The number of aromatic hydroxyl groups is 1. The molecule has 1 aromatic heterocycles. The maximum Gasteiger partial charge on any atom is 0.416 e. The van der Waals surface area contributed by atoms with Gasteiger partial charge in [-0.3, -0.25) is 0 Å². The number of thiazole rings is 1. The van der Waals surface area contributed by atoms with Crippen molar-refractivity contribution in [3.05, 3.63) is 64.7 Å². The summed E-state index contributed by atoms with van der Waals surface area (Å²) in [6, 6.07) is 10.4. The second-order valence-electron chi connectivity index (χ2n) is 6.03. The first-order valence-corrected chi connectivity index (χ1v) is 8.69. The van der Waals surface area contributed by atoms with Crippen LogP contribution in [0, 0.1) is 6.92 Å². The van der Waals surface area contributed by atoms with Crippen LogP contribution in [-0.4, -0.2) is 17.1 Å². The third-order valence-corrected chi connectivity index (χ3v) is 5.06. The van der Waals surface area contributed by atoms with E-state index in [1.54, 1.807) is 12.3 Å². The Bertz CT molecular complexity index is 904. The van der Waals surface area contributed by atoms with Gasteiger partial charge in [-0.2, -0.15) is 13.2 Å². The van der Waals surface area contributed by atoms with Crippen LogP contribution in [0.5, 0.6) is 5.75 Å². The predicted molar refractivity (Wildman–Crippen MR) is 97.5 cm³/mol. The molecule has 3 rings (SSSR count). The molecule has 7 heteroatoms. The van der Waals surface area contributed by atoms with Gasteiger partial charge in [0.05, 0.1) is 12.1 Å². The Kier molecular flexibility index (Phi) is 4.91. The van der Waals surface area contributed by atoms with Gasteiger partial charge < -0.3 is 10.0 Å². The van der Waals surface area contributed by atoms with Crippen LogP contribution >= 0.6 is 11.3 Å². The number of alkyl halides is 3. The van der Waals surface area contributed by atoms with Crippen molar-refractivity contribution < 1.29 is 18.3 Å². The summed E-state index contributed by atoms with van der Waals surface area (Å²) < 4.78 is 37.9. The van der Waals surface area contributed by atoms with E-state index >= 15 is 0 Å². The van der Waals surface area contributed by atoms with E-state index in [0.717, 1.165) is 28.3 Å². The minimum absolute atomic E-state index is 0.254. The van der Waals surface area contributed by atoms with Crippen LogP contribution in [-0.2, 0) is 12.7 Å². The van der Waals surface area contributed by atoms with Gasteiger partial charge in [-0.25, -0.2) is 4.98 Å². The van der Waals surface area contributed by atoms with E-state index in [2.05, 4.69) is 4.98 Å². The lowest BCUT2D eigenvalue weighted by molar-refractivity contribution is -0.137. The molecule has 0 amide bonds. The highest BCUT2D eigenvalue weighted by Crippen LogP contribution is 2.32. The Labute approximate surface area is 153 Å². The molecule has 0 aliphatic heterocycles. The number of phenolic OH excluding ortho intramolecular Hbond substituents is 1. The molecule has 3 nitrogen and oxygen atoms in total. The number of anilines is 1. The molecule has 26 heavy (non-hydrogen) atoms. The summed E-state index contributed by atoms with van der Waals surface area (Å²) in [5.41, 5.74) is 1.76. The van der Waals surface area contributed by atoms with Gasteiger partial charge in [-0.15, -0.1) is 11.3 Å². The van der Waals surface area contributed by atoms with Gasteiger partial charge in [-0.1, -0.05) is 12.1 Å². The van der Waals surface area contributed by atoms with Crippen molar-refractivity contribution in [3.8, 4) is 16.3 Å². The van der Waals surface area contributed by atoms with Crippen molar-refractivity contribution >= 4 is 17.0 Å². The predicted octanol–water partition coefficient (Wildman–Crippen LogP) is 5.48. The summed E-state index contributed by atoms with van der Waals surface area (Å²) in [4.78, 5) is 7.35. The number of halogens is 3. The van der Waals surface area contributed by atoms with E-state index in [9.17, 15) is 18.3 Å². The molecule has 1 heterocycles. The van der Waals surface area contributed by atoms with E-state index in [-0.39, 0.29) is 5.75 Å². The zero-order valence-corrected chi connectivity index (χ0v) is 15.0. The molecular formula is C19H17F3N2OS. The molecule has 2 aromatic carbocycles. The highest BCUT2D eigenvalue weighted by Gasteiger charge is 2.30. The second kappa shape index (κ2) is 6.99. The molecule has 0 atom stereocenters. The summed E-state index contributed by atoms with van der Waals surface area (Å²) in [5, 5.41) is 10.3. The highest BCUT2D eigenvalue weighted by atomic mass is 32.1. The molecule has 1 N–H and O–H groups in total. The Hall–Kier alpha value is -2.54. The quantitative estimate of drug-likeness (QED) is 0.653. The summed E-state index contributed by atoms with van der Waals surface area (Å²) in [6.45, 7) is 2.45. The molecular weight excluding hydrogens is 361 g/mol. The standard InChI is InChI=1S/C19H17F3N2OS/c1-12-9-15(7-8-17(12)25)24(2)11-16-10-23-18(26-16)13-3-5-14(6-4-13)19(20,21)22/h3-10,25H,11H2,1-2H3. The van der Waals surface area contributed by atoms with Crippen molar-refractivity contribution in [2.24, 2.45) is 0 Å². The number of hydrogen-bond acceptors (Lipinski definition) is 4. The third kappa shape index (κ3) is 3.99. The molecule has 0 saturated carbocycles. The number of phenols is 1. The van der Waals surface area contributed by atoms with E-state index in [1.165, 1.54) is 23.5 Å². The lowest BCUT2D eigenvalue weighted by Gasteiger charge is -2.19. The van der Waals surface area contributed by atoms with Gasteiger partial charge in [0, 0.05) is 29.4 Å². The van der Waals surface area contributed by atoms with Crippen LogP contribution in [0.15, 0.2) is 48.7 Å². The maximum atomic E-state index is 12.6. The van der Waals surface area contributed by atoms with Gasteiger partial charge in [0.25, 0.3) is 0 Å². The summed E-state index contributed by atoms with van der Waals surface area (Å²) in [6.07, 6.45) is -2.60. The highest BCUT2D eigenvalue weighted by molar-refractivity contribution is 7.15.